The molecule has 4 N–H and O–H groups in total. The van der Waals surface area contributed by atoms with E-state index >= 15 is 0 Å². The van der Waals surface area contributed by atoms with Gasteiger partial charge in [-0.1, -0.05) is 31.9 Å². The zero-order valence-corrected chi connectivity index (χ0v) is 25.3. The number of unbranched alkanes of at least 4 members (excludes halogenated alkanes) is 3. The highest BCUT2D eigenvalue weighted by Gasteiger charge is 2.28. The molecule has 1 aliphatic rings. The number of anilines is 1. The number of rotatable bonds is 14. The molecule has 3 aromatic rings. The molecule has 0 bridgehead atoms. The van der Waals surface area contributed by atoms with Crippen LogP contribution in [-0.4, -0.2) is 48.0 Å². The molecule has 1 fully saturated rings. The van der Waals surface area contributed by atoms with E-state index in [1.165, 1.54) is 5.56 Å². The van der Waals surface area contributed by atoms with Crippen LogP contribution in [-0.2, 0) is 22.6 Å². The average molecular weight is 580 g/mol. The molecular formula is C32H45N5O3S. The number of nitrogens with one attached hydrogen (secondary N) is 2. The van der Waals surface area contributed by atoms with Gasteiger partial charge >= 0.3 is 0 Å². The highest BCUT2D eigenvalue weighted by atomic mass is 32.1. The van der Waals surface area contributed by atoms with Crippen LogP contribution in [0.3, 0.4) is 0 Å². The van der Waals surface area contributed by atoms with Crippen LogP contribution in [0.4, 0.5) is 5.69 Å². The van der Waals surface area contributed by atoms with Crippen LogP contribution >= 0.6 is 11.3 Å². The molecule has 2 aromatic heterocycles. The first kappa shape index (κ1) is 30.8. The van der Waals surface area contributed by atoms with Gasteiger partial charge in [-0.05, 0) is 93.6 Å². The summed E-state index contributed by atoms with van der Waals surface area (Å²) in [5.41, 5.74) is 9.00. The van der Waals surface area contributed by atoms with Crippen molar-refractivity contribution in [3.8, 4) is 0 Å². The Morgan fingerprint density at radius 1 is 1.02 bits per heavy atom. The second-order valence-corrected chi connectivity index (χ2v) is 11.9. The van der Waals surface area contributed by atoms with Crippen molar-refractivity contribution in [3.63, 3.8) is 0 Å². The van der Waals surface area contributed by atoms with Crippen LogP contribution < -0.4 is 21.3 Å². The van der Waals surface area contributed by atoms with E-state index in [9.17, 15) is 14.4 Å². The lowest BCUT2D eigenvalue weighted by molar-refractivity contribution is -0.126. The fourth-order valence-electron chi connectivity index (χ4n) is 5.74. The molecule has 41 heavy (non-hydrogen) atoms. The second kappa shape index (κ2) is 15.2. The largest absolute Gasteiger partial charge is 0.356 e. The highest BCUT2D eigenvalue weighted by Crippen LogP contribution is 2.28. The number of fused-ring (bicyclic) bond motifs is 1. The lowest BCUT2D eigenvalue weighted by Gasteiger charge is -2.28. The molecule has 3 amide bonds. The lowest BCUT2D eigenvalue weighted by Crippen LogP contribution is -2.42. The predicted molar refractivity (Wildman–Crippen MR) is 167 cm³/mol. The SMILES string of the molecule is CCc1cccc(N(CC)C(=O)Cn2c(C(=O)NC3CCC(C(=O)NCCCCCCN)CC3)cc3sccc32)c1. The molecule has 1 aromatic carbocycles. The summed E-state index contributed by atoms with van der Waals surface area (Å²) in [7, 11) is 0. The van der Waals surface area contributed by atoms with Crippen LogP contribution in [0.5, 0.6) is 0 Å². The molecule has 0 atom stereocenters. The maximum Gasteiger partial charge on any atom is 0.268 e. The van der Waals surface area contributed by atoms with Crippen molar-refractivity contribution in [1.29, 1.82) is 0 Å². The van der Waals surface area contributed by atoms with Crippen molar-refractivity contribution >= 4 is 45.0 Å². The molecule has 0 unspecified atom stereocenters. The van der Waals surface area contributed by atoms with Crippen LogP contribution in [0.15, 0.2) is 41.8 Å². The van der Waals surface area contributed by atoms with Crippen LogP contribution in [0.25, 0.3) is 10.2 Å². The van der Waals surface area contributed by atoms with E-state index < -0.39 is 0 Å². The summed E-state index contributed by atoms with van der Waals surface area (Å²) in [4.78, 5) is 41.4. The number of carbonyl (C=O) groups excluding carboxylic acids is 3. The minimum Gasteiger partial charge on any atom is -0.356 e. The van der Waals surface area contributed by atoms with E-state index in [0.717, 1.165) is 80.2 Å². The van der Waals surface area contributed by atoms with Crippen molar-refractivity contribution in [3.05, 3.63) is 53.0 Å². The molecule has 4 rings (SSSR count). The third-order valence-corrected chi connectivity index (χ3v) is 9.01. The van der Waals surface area contributed by atoms with E-state index in [-0.39, 0.29) is 36.2 Å². The van der Waals surface area contributed by atoms with E-state index in [1.54, 1.807) is 16.2 Å². The Balaban J connectivity index is 1.35. The van der Waals surface area contributed by atoms with Crippen LogP contribution in [0.1, 0.15) is 81.3 Å². The van der Waals surface area contributed by atoms with E-state index in [0.29, 0.717) is 18.8 Å². The number of carbonyl (C=O) groups is 3. The van der Waals surface area contributed by atoms with Gasteiger partial charge in [0.2, 0.25) is 11.8 Å². The third kappa shape index (κ3) is 7.98. The minimum absolute atomic E-state index is 0.00486. The monoisotopic (exact) mass is 579 g/mol. The minimum atomic E-state index is -0.164. The first-order valence-electron chi connectivity index (χ1n) is 15.2. The Hall–Kier alpha value is -3.17. The van der Waals surface area contributed by atoms with Gasteiger partial charge in [-0.3, -0.25) is 14.4 Å². The molecule has 2 heterocycles. The summed E-state index contributed by atoms with van der Waals surface area (Å²) >= 11 is 1.57. The number of nitrogens with two attached hydrogens (primary N) is 1. The molecule has 8 nitrogen and oxygen atoms in total. The van der Waals surface area contributed by atoms with Gasteiger partial charge in [-0.15, -0.1) is 11.3 Å². The zero-order valence-electron chi connectivity index (χ0n) is 24.5. The standard InChI is InChI=1S/C32H45N5O3S/c1-3-23-10-9-11-26(20-23)36(4-2)30(38)22-37-27-16-19-41-29(27)21-28(37)32(40)35-25-14-12-24(13-15-25)31(39)34-18-8-6-5-7-17-33/h9-11,16,19-21,24-25H,3-8,12-15,17-18,22,33H2,1-2H3,(H,34,39)(H,35,40). The fraction of sp³-hybridized carbons (Fsp3) is 0.531. The molecule has 0 radical (unpaired) electrons. The van der Waals surface area contributed by atoms with Gasteiger partial charge in [-0.2, -0.15) is 0 Å². The summed E-state index contributed by atoms with van der Waals surface area (Å²) < 4.78 is 2.84. The maximum absolute atomic E-state index is 13.5. The van der Waals surface area contributed by atoms with Gasteiger partial charge in [0.1, 0.15) is 12.2 Å². The number of thiophene rings is 1. The van der Waals surface area contributed by atoms with Crippen molar-refractivity contribution in [1.82, 2.24) is 15.2 Å². The van der Waals surface area contributed by atoms with Gasteiger partial charge in [0.05, 0.1) is 10.2 Å². The summed E-state index contributed by atoms with van der Waals surface area (Å²) in [5.74, 6) is -0.0801. The van der Waals surface area contributed by atoms with Crippen molar-refractivity contribution in [2.24, 2.45) is 11.7 Å². The Labute approximate surface area is 247 Å². The first-order chi connectivity index (χ1) is 19.9. The van der Waals surface area contributed by atoms with Gasteiger partial charge in [0, 0.05) is 30.7 Å². The predicted octanol–water partition coefficient (Wildman–Crippen LogP) is 5.24. The molecular weight excluding hydrogens is 534 g/mol. The molecule has 1 aliphatic carbocycles. The van der Waals surface area contributed by atoms with E-state index in [2.05, 4.69) is 29.7 Å². The topological polar surface area (TPSA) is 109 Å². The van der Waals surface area contributed by atoms with Crippen molar-refractivity contribution in [2.75, 3.05) is 24.5 Å². The van der Waals surface area contributed by atoms with E-state index in [4.69, 9.17) is 5.73 Å². The number of aromatic nitrogens is 1. The highest BCUT2D eigenvalue weighted by molar-refractivity contribution is 7.17. The lowest BCUT2D eigenvalue weighted by atomic mass is 9.85. The Morgan fingerprint density at radius 3 is 2.54 bits per heavy atom. The van der Waals surface area contributed by atoms with Crippen LogP contribution in [0, 0.1) is 5.92 Å². The van der Waals surface area contributed by atoms with E-state index in [1.807, 2.05) is 41.1 Å². The zero-order chi connectivity index (χ0) is 29.2. The Bertz CT molecular complexity index is 1310. The summed E-state index contributed by atoms with van der Waals surface area (Å²) in [6.45, 7) is 6.15. The van der Waals surface area contributed by atoms with Crippen molar-refractivity contribution < 1.29 is 14.4 Å². The molecule has 0 spiro atoms. The van der Waals surface area contributed by atoms with Crippen molar-refractivity contribution in [2.45, 2.75) is 84.2 Å². The second-order valence-electron chi connectivity index (χ2n) is 11.0. The number of nitrogens with zero attached hydrogens (tertiary/aromatic N) is 2. The van der Waals surface area contributed by atoms with Gasteiger partial charge in [0.15, 0.2) is 0 Å². The summed E-state index contributed by atoms with van der Waals surface area (Å²) in [5, 5.41) is 8.27. The fourth-order valence-corrected chi connectivity index (χ4v) is 6.56. The van der Waals surface area contributed by atoms with Crippen LogP contribution in [0.2, 0.25) is 0 Å². The number of benzene rings is 1. The number of amides is 3. The Morgan fingerprint density at radius 2 is 1.80 bits per heavy atom. The quantitative estimate of drug-likeness (QED) is 0.227. The maximum atomic E-state index is 13.5. The first-order valence-corrected chi connectivity index (χ1v) is 16.1. The Kier molecular flexibility index (Phi) is 11.4. The average Bonchev–Trinajstić information content (AvgIpc) is 3.58. The summed E-state index contributed by atoms with van der Waals surface area (Å²) in [6, 6.07) is 12.0. The van der Waals surface area contributed by atoms with Gasteiger partial charge < -0.3 is 25.8 Å². The number of aryl methyl sites for hydroxylation is 1. The smallest absolute Gasteiger partial charge is 0.268 e. The van der Waals surface area contributed by atoms with Gasteiger partial charge in [0.25, 0.3) is 5.91 Å². The molecule has 9 heteroatoms. The molecule has 1 saturated carbocycles. The molecule has 0 saturated heterocycles. The number of hydrogen-bond acceptors (Lipinski definition) is 5. The third-order valence-electron chi connectivity index (χ3n) is 8.16. The summed E-state index contributed by atoms with van der Waals surface area (Å²) in [6.07, 6.45) is 8.18. The molecule has 222 valence electrons. The van der Waals surface area contributed by atoms with Gasteiger partial charge in [-0.25, -0.2) is 0 Å². The molecule has 0 aliphatic heterocycles. The number of likely N-dealkylation sites (N-methyl/N-ethyl adjacent to an activating group) is 1. The normalized spacial score (nSPS) is 17.0. The number of hydrogen-bond donors (Lipinski definition) is 3.